The van der Waals surface area contributed by atoms with Crippen LogP contribution in [0.2, 0.25) is 0 Å². The Morgan fingerprint density at radius 2 is 2.00 bits per heavy atom. The molecule has 1 aromatic rings. The second kappa shape index (κ2) is 9.00. The Labute approximate surface area is 173 Å². The molecule has 4 nitrogen and oxygen atoms in total. The number of thiophene rings is 1. The van der Waals surface area contributed by atoms with Gasteiger partial charge in [0.1, 0.15) is 4.88 Å². The van der Waals surface area contributed by atoms with Crippen LogP contribution < -0.4 is 4.90 Å². The first-order valence-electron chi connectivity index (χ1n) is 10.7. The number of rotatable bonds is 5. The molecule has 1 saturated carbocycles. The van der Waals surface area contributed by atoms with Crippen molar-refractivity contribution in [2.75, 3.05) is 18.6 Å². The molecule has 0 saturated heterocycles. The number of hydrogen-bond acceptors (Lipinski definition) is 5. The van der Waals surface area contributed by atoms with E-state index in [1.165, 1.54) is 30.4 Å². The number of hydrogen-bond donors (Lipinski definition) is 1. The Hall–Kier alpha value is -1.33. The van der Waals surface area contributed by atoms with Gasteiger partial charge in [0.15, 0.2) is 0 Å². The highest BCUT2D eigenvalue weighted by atomic mass is 32.1. The number of anilines is 1. The van der Waals surface area contributed by atoms with Gasteiger partial charge in [-0.05, 0) is 75.3 Å². The van der Waals surface area contributed by atoms with Crippen LogP contribution in [0.1, 0.15) is 86.7 Å². The molecule has 28 heavy (non-hydrogen) atoms. The van der Waals surface area contributed by atoms with E-state index in [2.05, 4.69) is 37.8 Å². The molecule has 2 aliphatic rings. The second-order valence-electron chi connectivity index (χ2n) is 9.00. The summed E-state index contributed by atoms with van der Waals surface area (Å²) < 4.78 is 5.12. The van der Waals surface area contributed by atoms with Crippen molar-refractivity contribution in [2.45, 2.75) is 84.3 Å². The molecule has 3 rings (SSSR count). The molecule has 0 atom stereocenters. The lowest BCUT2D eigenvalue weighted by atomic mass is 9.84. The molecular formula is C23H35NO3S. The predicted molar refractivity (Wildman–Crippen MR) is 117 cm³/mol. The first kappa shape index (κ1) is 21.4. The maximum atomic E-state index is 12.6. The van der Waals surface area contributed by atoms with Gasteiger partial charge >= 0.3 is 5.97 Å². The van der Waals surface area contributed by atoms with Crippen molar-refractivity contribution in [2.24, 2.45) is 5.41 Å². The third-order valence-corrected chi connectivity index (χ3v) is 7.62. The molecule has 1 heterocycles. The smallest absolute Gasteiger partial charge is 0.350 e. The van der Waals surface area contributed by atoms with Gasteiger partial charge in [0.05, 0.1) is 18.9 Å². The number of allylic oxidation sites excluding steroid dienone is 2. The summed E-state index contributed by atoms with van der Waals surface area (Å²) in [7, 11) is 1.46. The maximum absolute atomic E-state index is 12.6. The molecule has 0 amide bonds. The van der Waals surface area contributed by atoms with Crippen molar-refractivity contribution in [1.29, 1.82) is 0 Å². The van der Waals surface area contributed by atoms with Crippen LogP contribution in [0.15, 0.2) is 12.1 Å². The van der Waals surface area contributed by atoms with Crippen LogP contribution >= 0.6 is 11.3 Å². The Morgan fingerprint density at radius 3 is 2.64 bits per heavy atom. The van der Waals surface area contributed by atoms with Gasteiger partial charge in [0, 0.05) is 17.5 Å². The lowest BCUT2D eigenvalue weighted by Crippen LogP contribution is -2.39. The van der Waals surface area contributed by atoms with Gasteiger partial charge in [-0.15, -0.1) is 11.3 Å². The summed E-state index contributed by atoms with van der Waals surface area (Å²) in [5.41, 5.74) is 2.77. The third kappa shape index (κ3) is 4.80. The summed E-state index contributed by atoms with van der Waals surface area (Å²) in [4.78, 5) is 16.8. The number of ether oxygens (including phenoxy) is 1. The summed E-state index contributed by atoms with van der Waals surface area (Å²) in [6.07, 6.45) is 10.4. The van der Waals surface area contributed by atoms with Gasteiger partial charge in [-0.1, -0.05) is 19.9 Å². The van der Waals surface area contributed by atoms with Crippen LogP contribution in [-0.4, -0.2) is 36.9 Å². The highest BCUT2D eigenvalue weighted by Crippen LogP contribution is 2.42. The lowest BCUT2D eigenvalue weighted by molar-refractivity contribution is 0.0606. The van der Waals surface area contributed by atoms with E-state index >= 15 is 0 Å². The van der Waals surface area contributed by atoms with Crippen LogP contribution in [0.4, 0.5) is 5.69 Å². The monoisotopic (exact) mass is 405 g/mol. The first-order valence-corrected chi connectivity index (χ1v) is 11.5. The molecule has 2 aliphatic carbocycles. The summed E-state index contributed by atoms with van der Waals surface area (Å²) >= 11 is 1.58. The molecule has 0 unspecified atom stereocenters. The zero-order valence-corrected chi connectivity index (χ0v) is 18.6. The van der Waals surface area contributed by atoms with Crippen molar-refractivity contribution >= 4 is 28.6 Å². The van der Waals surface area contributed by atoms with E-state index in [1.54, 1.807) is 11.3 Å². The van der Waals surface area contributed by atoms with Gasteiger partial charge in [-0.2, -0.15) is 0 Å². The molecule has 0 spiro atoms. The van der Waals surface area contributed by atoms with Crippen molar-refractivity contribution in [3.63, 3.8) is 0 Å². The molecule has 5 heteroatoms. The van der Waals surface area contributed by atoms with Gasteiger partial charge in [-0.3, -0.25) is 0 Å². The standard InChI is InChI=1S/C23H35NO3S/c1-5-24(17-8-10-18(25)11-9-17)19-15-20(28-21(19)22(26)27-4)16-7-6-13-23(2,3)14-12-16/h7,15,17-18,25H,5-6,8-14H2,1-4H3. The average molecular weight is 406 g/mol. The summed E-state index contributed by atoms with van der Waals surface area (Å²) in [6.45, 7) is 7.70. The fraction of sp³-hybridized carbons (Fsp3) is 0.696. The quantitative estimate of drug-likeness (QED) is 0.643. The number of aliphatic hydroxyl groups is 1. The molecule has 1 fully saturated rings. The van der Waals surface area contributed by atoms with E-state index < -0.39 is 0 Å². The number of methoxy groups -OCH3 is 1. The molecule has 156 valence electrons. The van der Waals surface area contributed by atoms with E-state index in [-0.39, 0.29) is 12.1 Å². The van der Waals surface area contributed by atoms with Gasteiger partial charge in [0.2, 0.25) is 0 Å². The van der Waals surface area contributed by atoms with Gasteiger partial charge in [-0.25, -0.2) is 4.79 Å². The van der Waals surface area contributed by atoms with Crippen LogP contribution in [0.5, 0.6) is 0 Å². The van der Waals surface area contributed by atoms with Crippen LogP contribution in [0, 0.1) is 5.41 Å². The molecule has 0 radical (unpaired) electrons. The van der Waals surface area contributed by atoms with Gasteiger partial charge in [0.25, 0.3) is 0 Å². The summed E-state index contributed by atoms with van der Waals surface area (Å²) in [5, 5.41) is 9.88. The van der Waals surface area contributed by atoms with Crippen molar-refractivity contribution in [3.8, 4) is 0 Å². The third-order valence-electron chi connectivity index (χ3n) is 6.44. The number of esters is 1. The number of carbonyl (C=O) groups excluding carboxylic acids is 1. The Balaban J connectivity index is 1.91. The zero-order chi connectivity index (χ0) is 20.3. The van der Waals surface area contributed by atoms with Crippen LogP contribution in [0.3, 0.4) is 0 Å². The minimum Gasteiger partial charge on any atom is -0.465 e. The topological polar surface area (TPSA) is 49.8 Å². The Morgan fingerprint density at radius 1 is 1.29 bits per heavy atom. The fourth-order valence-electron chi connectivity index (χ4n) is 4.55. The van der Waals surface area contributed by atoms with Crippen molar-refractivity contribution in [3.05, 3.63) is 21.9 Å². The highest BCUT2D eigenvalue weighted by molar-refractivity contribution is 7.15. The Bertz CT molecular complexity index is 713. The Kier molecular flexibility index (Phi) is 6.87. The fourth-order valence-corrected chi connectivity index (χ4v) is 5.70. The predicted octanol–water partition coefficient (Wildman–Crippen LogP) is 5.65. The second-order valence-corrected chi connectivity index (χ2v) is 10.0. The van der Waals surface area contributed by atoms with E-state index in [4.69, 9.17) is 4.74 Å². The molecule has 0 aliphatic heterocycles. The summed E-state index contributed by atoms with van der Waals surface area (Å²) in [5.74, 6) is -0.241. The first-order chi connectivity index (χ1) is 13.3. The lowest BCUT2D eigenvalue weighted by Gasteiger charge is -2.36. The largest absolute Gasteiger partial charge is 0.465 e. The molecule has 0 bridgehead atoms. The number of nitrogens with zero attached hydrogens (tertiary/aromatic N) is 1. The normalized spacial score (nSPS) is 25.0. The van der Waals surface area contributed by atoms with Crippen molar-refractivity contribution in [1.82, 2.24) is 0 Å². The van der Waals surface area contributed by atoms with E-state index in [0.29, 0.717) is 11.5 Å². The molecule has 1 aromatic heterocycles. The number of carbonyl (C=O) groups is 1. The SMILES string of the molecule is CCN(c1cc(C2=CCCC(C)(C)CC2)sc1C(=O)OC)C1CCC(O)CC1. The van der Waals surface area contributed by atoms with Crippen molar-refractivity contribution < 1.29 is 14.6 Å². The van der Waals surface area contributed by atoms with Crippen LogP contribution in [0.25, 0.3) is 5.57 Å². The van der Waals surface area contributed by atoms with E-state index in [1.807, 2.05) is 0 Å². The minimum absolute atomic E-state index is 0.174. The van der Waals surface area contributed by atoms with E-state index in [0.717, 1.165) is 55.6 Å². The minimum atomic E-state index is -0.241. The maximum Gasteiger partial charge on any atom is 0.350 e. The highest BCUT2D eigenvalue weighted by Gasteiger charge is 2.30. The van der Waals surface area contributed by atoms with Gasteiger partial charge < -0.3 is 14.7 Å². The average Bonchev–Trinajstić information content (AvgIpc) is 3.02. The van der Waals surface area contributed by atoms with E-state index in [9.17, 15) is 9.90 Å². The molecule has 1 N–H and O–H groups in total. The summed E-state index contributed by atoms with van der Waals surface area (Å²) in [6, 6.07) is 2.59. The van der Waals surface area contributed by atoms with Crippen LogP contribution in [-0.2, 0) is 4.74 Å². The number of aliphatic hydroxyl groups excluding tert-OH is 1. The molecule has 0 aromatic carbocycles. The molecular weight excluding hydrogens is 370 g/mol. The zero-order valence-electron chi connectivity index (χ0n) is 17.8.